The second kappa shape index (κ2) is 4.17. The van der Waals surface area contributed by atoms with Crippen molar-refractivity contribution in [3.63, 3.8) is 0 Å². The van der Waals surface area contributed by atoms with Crippen LogP contribution >= 0.6 is 0 Å². The molecular formula is C15H24O4. The van der Waals surface area contributed by atoms with Crippen molar-refractivity contribution in [1.82, 2.24) is 0 Å². The van der Waals surface area contributed by atoms with Gasteiger partial charge in [0.05, 0.1) is 12.7 Å². The van der Waals surface area contributed by atoms with Gasteiger partial charge < -0.3 is 20.1 Å². The van der Waals surface area contributed by atoms with Crippen molar-refractivity contribution in [3.8, 4) is 0 Å². The van der Waals surface area contributed by atoms with Gasteiger partial charge in [-0.2, -0.15) is 0 Å². The first-order chi connectivity index (χ1) is 9.11. The minimum Gasteiger partial charge on any atom is -0.394 e. The van der Waals surface area contributed by atoms with E-state index in [-0.39, 0.29) is 18.1 Å². The topological polar surface area (TPSA) is 69.9 Å². The number of aliphatic hydroxyl groups excluding tert-OH is 3. The van der Waals surface area contributed by atoms with Gasteiger partial charge in [0, 0.05) is 5.41 Å². The van der Waals surface area contributed by atoms with Crippen LogP contribution in [0.25, 0.3) is 0 Å². The molecule has 5 rings (SSSR count). The Morgan fingerprint density at radius 3 is 1.84 bits per heavy atom. The molecular weight excluding hydrogens is 244 g/mol. The zero-order valence-corrected chi connectivity index (χ0v) is 11.2. The second-order valence-electron chi connectivity index (χ2n) is 7.54. The van der Waals surface area contributed by atoms with Crippen molar-refractivity contribution in [2.75, 3.05) is 6.61 Å². The Balaban J connectivity index is 1.62. The molecule has 1 aliphatic heterocycles. The summed E-state index contributed by atoms with van der Waals surface area (Å²) in [6.07, 6.45) is 4.87. The number of hydrogen-bond donors (Lipinski definition) is 3. The normalized spacial score (nSPS) is 59.8. The Morgan fingerprint density at radius 1 is 0.895 bits per heavy atom. The highest BCUT2D eigenvalue weighted by atomic mass is 16.6. The second-order valence-corrected chi connectivity index (χ2v) is 7.54. The monoisotopic (exact) mass is 268 g/mol. The lowest BCUT2D eigenvalue weighted by Gasteiger charge is -2.59. The molecule has 1 heterocycles. The highest BCUT2D eigenvalue weighted by molar-refractivity contribution is 5.09. The van der Waals surface area contributed by atoms with Gasteiger partial charge in [-0.25, -0.2) is 0 Å². The van der Waals surface area contributed by atoms with Gasteiger partial charge in [0.15, 0.2) is 0 Å². The molecule has 0 aromatic heterocycles. The van der Waals surface area contributed by atoms with Gasteiger partial charge in [0.2, 0.25) is 0 Å². The SMILES string of the molecule is OC[C@H]1O[C@@H](C23CC4CC(CC(C4)C2)C3)[C@@H](O)[C@H]1O. The Labute approximate surface area is 113 Å². The maximum absolute atomic E-state index is 10.3. The first-order valence-corrected chi connectivity index (χ1v) is 7.74. The molecule has 108 valence electrons. The molecule has 4 aliphatic carbocycles. The maximum Gasteiger partial charge on any atom is 0.111 e. The van der Waals surface area contributed by atoms with Gasteiger partial charge in [-0.05, 0) is 56.3 Å². The summed E-state index contributed by atoms with van der Waals surface area (Å²) in [6.45, 7) is -0.207. The van der Waals surface area contributed by atoms with E-state index in [2.05, 4.69) is 0 Å². The van der Waals surface area contributed by atoms with E-state index >= 15 is 0 Å². The Kier molecular flexibility index (Phi) is 2.76. The molecule has 0 amide bonds. The molecule has 4 saturated carbocycles. The lowest BCUT2D eigenvalue weighted by atomic mass is 9.48. The fourth-order valence-corrected chi connectivity index (χ4v) is 5.93. The van der Waals surface area contributed by atoms with E-state index in [9.17, 15) is 15.3 Å². The smallest absolute Gasteiger partial charge is 0.111 e. The van der Waals surface area contributed by atoms with Gasteiger partial charge in [0.1, 0.15) is 18.3 Å². The first kappa shape index (κ1) is 12.6. The summed E-state index contributed by atoms with van der Waals surface area (Å²) in [5.74, 6) is 2.40. The van der Waals surface area contributed by atoms with Gasteiger partial charge in [-0.1, -0.05) is 0 Å². The highest BCUT2D eigenvalue weighted by Gasteiger charge is 2.60. The standard InChI is InChI=1S/C15H24O4/c16-7-11-12(17)13(18)14(19-11)15-4-8-1-9(5-15)3-10(2-8)6-15/h8-14,16-18H,1-7H2/t8?,9?,10?,11-,12+,13+,14-,15?/m1/s1. The third-order valence-corrected chi connectivity index (χ3v) is 6.23. The molecule has 4 heteroatoms. The number of hydrogen-bond acceptors (Lipinski definition) is 4. The van der Waals surface area contributed by atoms with Crippen molar-refractivity contribution in [2.24, 2.45) is 23.2 Å². The molecule has 1 saturated heterocycles. The van der Waals surface area contributed by atoms with Crippen molar-refractivity contribution >= 4 is 0 Å². The molecule has 3 N–H and O–H groups in total. The zero-order chi connectivity index (χ0) is 13.2. The van der Waals surface area contributed by atoms with Crippen molar-refractivity contribution < 1.29 is 20.1 Å². The molecule has 19 heavy (non-hydrogen) atoms. The summed E-state index contributed by atoms with van der Waals surface area (Å²) in [6, 6.07) is 0. The highest BCUT2D eigenvalue weighted by Crippen LogP contribution is 2.63. The predicted octanol–water partition coefficient (Wildman–Crippen LogP) is 0.684. The molecule has 0 radical (unpaired) electrons. The van der Waals surface area contributed by atoms with E-state index in [0.717, 1.165) is 37.0 Å². The minimum absolute atomic E-state index is 0.0685. The molecule has 0 aromatic carbocycles. The quantitative estimate of drug-likeness (QED) is 0.689. The predicted molar refractivity (Wildman–Crippen MR) is 68.4 cm³/mol. The molecule has 4 bridgehead atoms. The zero-order valence-electron chi connectivity index (χ0n) is 11.2. The van der Waals surface area contributed by atoms with Gasteiger partial charge in [-0.3, -0.25) is 0 Å². The van der Waals surface area contributed by atoms with E-state index in [0.29, 0.717) is 0 Å². The summed E-state index contributed by atoms with van der Waals surface area (Å²) in [5, 5.41) is 29.6. The average Bonchev–Trinajstić information content (AvgIpc) is 2.65. The van der Waals surface area contributed by atoms with Crippen LogP contribution in [0.4, 0.5) is 0 Å². The van der Waals surface area contributed by atoms with Crippen LogP contribution in [0.15, 0.2) is 0 Å². The van der Waals surface area contributed by atoms with Crippen molar-refractivity contribution in [1.29, 1.82) is 0 Å². The van der Waals surface area contributed by atoms with Crippen LogP contribution in [0.1, 0.15) is 38.5 Å². The van der Waals surface area contributed by atoms with Crippen LogP contribution < -0.4 is 0 Å². The third-order valence-electron chi connectivity index (χ3n) is 6.23. The minimum atomic E-state index is -0.928. The lowest BCUT2D eigenvalue weighted by molar-refractivity contribution is -0.159. The molecule has 4 nitrogen and oxygen atoms in total. The molecule has 5 fully saturated rings. The van der Waals surface area contributed by atoms with Crippen LogP contribution in [0, 0.1) is 23.2 Å². The largest absolute Gasteiger partial charge is 0.394 e. The first-order valence-electron chi connectivity index (χ1n) is 7.74. The van der Waals surface area contributed by atoms with E-state index in [4.69, 9.17) is 4.74 Å². The van der Waals surface area contributed by atoms with Crippen LogP contribution in [0.3, 0.4) is 0 Å². The van der Waals surface area contributed by atoms with Crippen molar-refractivity contribution in [3.05, 3.63) is 0 Å². The van der Waals surface area contributed by atoms with E-state index in [1.165, 1.54) is 19.3 Å². The van der Waals surface area contributed by atoms with Crippen LogP contribution in [0.5, 0.6) is 0 Å². The fourth-order valence-electron chi connectivity index (χ4n) is 5.93. The number of aliphatic hydroxyl groups is 3. The van der Waals surface area contributed by atoms with E-state index in [1.54, 1.807) is 0 Å². The number of rotatable bonds is 2. The Morgan fingerprint density at radius 2 is 1.42 bits per heavy atom. The Bertz CT molecular complexity index is 334. The average molecular weight is 268 g/mol. The van der Waals surface area contributed by atoms with E-state index < -0.39 is 18.3 Å². The summed E-state index contributed by atoms with van der Waals surface area (Å²) < 4.78 is 5.87. The molecule has 4 atom stereocenters. The van der Waals surface area contributed by atoms with E-state index in [1.807, 2.05) is 0 Å². The van der Waals surface area contributed by atoms with Gasteiger partial charge in [-0.15, -0.1) is 0 Å². The summed E-state index contributed by atoms with van der Waals surface area (Å²) in [7, 11) is 0. The summed E-state index contributed by atoms with van der Waals surface area (Å²) >= 11 is 0. The van der Waals surface area contributed by atoms with Crippen molar-refractivity contribution in [2.45, 2.75) is 62.9 Å². The lowest BCUT2D eigenvalue weighted by Crippen LogP contribution is -2.54. The molecule has 0 aromatic rings. The molecule has 5 aliphatic rings. The van der Waals surface area contributed by atoms with Gasteiger partial charge >= 0.3 is 0 Å². The fraction of sp³-hybridized carbons (Fsp3) is 1.00. The van der Waals surface area contributed by atoms with Crippen LogP contribution in [-0.2, 0) is 4.74 Å². The summed E-state index contributed by atoms with van der Waals surface area (Å²) in [4.78, 5) is 0. The van der Waals surface area contributed by atoms with Crippen LogP contribution in [0.2, 0.25) is 0 Å². The number of ether oxygens (including phenoxy) is 1. The van der Waals surface area contributed by atoms with Gasteiger partial charge in [0.25, 0.3) is 0 Å². The Hall–Kier alpha value is -0.160. The third kappa shape index (κ3) is 1.73. The molecule has 0 spiro atoms. The summed E-state index contributed by atoms with van der Waals surface area (Å²) in [5.41, 5.74) is 0.0685. The molecule has 0 unspecified atom stereocenters. The maximum atomic E-state index is 10.3. The van der Waals surface area contributed by atoms with Crippen LogP contribution in [-0.4, -0.2) is 46.3 Å².